The predicted molar refractivity (Wildman–Crippen MR) is 199 cm³/mol. The third-order valence-electron chi connectivity index (χ3n) is 6.47. The molecule has 5 heteroatoms. The van der Waals surface area contributed by atoms with Gasteiger partial charge in [-0.25, -0.2) is 5.25 Å². The van der Waals surface area contributed by atoms with Gasteiger partial charge < -0.3 is 12.6 Å². The van der Waals surface area contributed by atoms with Gasteiger partial charge in [-0.05, 0) is 61.5 Å². The molecule has 0 radical (unpaired) electrons. The minimum Gasteiger partial charge on any atom is -0.724 e. The number of halogens is 1. The third kappa shape index (κ3) is 13.0. The van der Waals surface area contributed by atoms with Crippen LogP contribution < -0.4 is 21.2 Å². The van der Waals surface area contributed by atoms with Gasteiger partial charge in [-0.2, -0.15) is 30.3 Å². The summed E-state index contributed by atoms with van der Waals surface area (Å²) in [6, 6.07) is 63.9. The third-order valence-corrected chi connectivity index (χ3v) is 12.2. The van der Waals surface area contributed by atoms with Crippen LogP contribution in [-0.2, 0) is 33.1 Å². The second-order valence-electron chi connectivity index (χ2n) is 9.46. The standard InChI is InChI=1S/C26H24P2.C8H6S.C6H4Cl.Pd/c1-5-13-23(14-6-1)27(24-15-7-2-8-16-24)21-22-28(25-17-9-3-10-18-25)26-19-11-4-12-20-26;9-7-6-8-4-2-1-3-5-8;7-6-4-2-1-3-5-6;/h1-20H,21-22H2;1-5,9H;2-5H;/q;;-1;+2/p-1. The van der Waals surface area contributed by atoms with Crippen LogP contribution in [0, 0.1) is 17.2 Å². The molecule has 0 bridgehead atoms. The maximum Gasteiger partial charge on any atom is 2.00 e. The van der Waals surface area contributed by atoms with E-state index in [2.05, 4.69) is 151 Å². The number of hydrogen-bond donors (Lipinski definition) is 0. The molecule has 45 heavy (non-hydrogen) atoms. The Bertz CT molecular complexity index is 1500. The molecule has 0 unspecified atom stereocenters. The largest absolute Gasteiger partial charge is 2.00 e. The molecule has 0 N–H and O–H groups in total. The average Bonchev–Trinajstić information content (AvgIpc) is 3.10. The van der Waals surface area contributed by atoms with Crippen molar-refractivity contribution in [3.05, 3.63) is 193 Å². The molecule has 0 atom stereocenters. The van der Waals surface area contributed by atoms with E-state index in [1.165, 1.54) is 33.5 Å². The van der Waals surface area contributed by atoms with Gasteiger partial charge >= 0.3 is 20.4 Å². The van der Waals surface area contributed by atoms with Crippen molar-refractivity contribution in [2.45, 2.75) is 0 Å². The molecule has 0 nitrogen and oxygen atoms in total. The van der Waals surface area contributed by atoms with Gasteiger partial charge in [0.05, 0.1) is 0 Å². The van der Waals surface area contributed by atoms with Gasteiger partial charge in [0.2, 0.25) is 0 Å². The smallest absolute Gasteiger partial charge is 0.724 e. The topological polar surface area (TPSA) is 0 Å². The zero-order valence-electron chi connectivity index (χ0n) is 24.7. The summed E-state index contributed by atoms with van der Waals surface area (Å²) < 4.78 is 0. The Hall–Kier alpha value is -3.09. The molecule has 0 fully saturated rings. The molecule has 226 valence electrons. The summed E-state index contributed by atoms with van der Waals surface area (Å²) in [7, 11) is -0.696. The van der Waals surface area contributed by atoms with E-state index in [0.717, 1.165) is 10.6 Å². The summed E-state index contributed by atoms with van der Waals surface area (Å²) in [5.74, 6) is 2.77. The molecule has 6 aromatic carbocycles. The molecule has 0 saturated carbocycles. The van der Waals surface area contributed by atoms with Gasteiger partial charge in [-0.15, -0.1) is 11.6 Å². The van der Waals surface area contributed by atoms with Crippen LogP contribution in [0.25, 0.3) is 0 Å². The van der Waals surface area contributed by atoms with Gasteiger partial charge in [0, 0.05) is 5.56 Å². The summed E-state index contributed by atoms with van der Waals surface area (Å²) in [5.41, 5.74) is 0.979. The predicted octanol–water partition coefficient (Wildman–Crippen LogP) is 8.93. The van der Waals surface area contributed by atoms with Gasteiger partial charge in [0.25, 0.3) is 0 Å². The second-order valence-corrected chi connectivity index (χ2v) is 14.8. The van der Waals surface area contributed by atoms with Crippen LogP contribution in [0.1, 0.15) is 5.56 Å². The molecule has 6 rings (SSSR count). The zero-order valence-corrected chi connectivity index (χ0v) is 29.6. The molecule has 0 aromatic heterocycles. The number of rotatable bonds is 7. The quantitative estimate of drug-likeness (QED) is 0.0517. The van der Waals surface area contributed by atoms with Crippen molar-refractivity contribution in [2.75, 3.05) is 12.3 Å². The summed E-state index contributed by atoms with van der Waals surface area (Å²) >= 11 is 9.99. The van der Waals surface area contributed by atoms with Crippen LogP contribution >= 0.6 is 27.4 Å². The second kappa shape index (κ2) is 21.6. The van der Waals surface area contributed by atoms with Crippen LogP contribution in [0.5, 0.6) is 0 Å². The Kier molecular flexibility index (Phi) is 17.5. The Balaban J connectivity index is 0.000000265. The van der Waals surface area contributed by atoms with Crippen molar-refractivity contribution < 1.29 is 20.4 Å². The van der Waals surface area contributed by atoms with E-state index < -0.39 is 0 Å². The van der Waals surface area contributed by atoms with E-state index >= 15 is 0 Å². The molecule has 0 aliphatic carbocycles. The molecular formula is C40H33ClP2PdS. The first-order valence-corrected chi connectivity index (χ1v) is 18.1. The van der Waals surface area contributed by atoms with Crippen molar-refractivity contribution in [1.82, 2.24) is 0 Å². The van der Waals surface area contributed by atoms with Crippen LogP contribution in [0.4, 0.5) is 0 Å². The van der Waals surface area contributed by atoms with E-state index in [-0.39, 0.29) is 36.3 Å². The van der Waals surface area contributed by atoms with Crippen molar-refractivity contribution in [3.63, 3.8) is 0 Å². The van der Waals surface area contributed by atoms with Gasteiger partial charge in [0.15, 0.2) is 0 Å². The Morgan fingerprint density at radius 1 is 0.489 bits per heavy atom. The fourth-order valence-electron chi connectivity index (χ4n) is 4.39. The normalized spacial score (nSPS) is 9.76. The molecule has 0 saturated heterocycles. The van der Waals surface area contributed by atoms with Crippen LogP contribution in [0.2, 0.25) is 5.02 Å². The van der Waals surface area contributed by atoms with Crippen molar-refractivity contribution in [2.24, 2.45) is 0 Å². The fourth-order valence-corrected chi connectivity index (χ4v) is 9.99. The first kappa shape index (κ1) is 36.4. The minimum atomic E-state index is -0.348. The SMILES string of the molecule is Clc1cc[c-]cc1.[Pd+2].[S-]C#Cc1ccccc1.c1ccc(P(CCP(c2ccccc2)c2ccccc2)c2ccccc2)cc1. The van der Waals surface area contributed by atoms with E-state index in [0.29, 0.717) is 0 Å². The van der Waals surface area contributed by atoms with E-state index in [1.54, 1.807) is 24.3 Å². The maximum absolute atomic E-state index is 5.52. The molecule has 0 heterocycles. The molecule has 0 spiro atoms. The summed E-state index contributed by atoms with van der Waals surface area (Å²) in [5, 5.41) is 9.07. The Morgan fingerprint density at radius 2 is 0.800 bits per heavy atom. The van der Waals surface area contributed by atoms with Crippen LogP contribution in [-0.4, -0.2) is 12.3 Å². The summed E-state index contributed by atoms with van der Waals surface area (Å²) in [6.07, 6.45) is 2.41. The molecular weight excluding hydrogens is 716 g/mol. The van der Waals surface area contributed by atoms with E-state index in [4.69, 9.17) is 11.6 Å². The first-order chi connectivity index (χ1) is 21.7. The summed E-state index contributed by atoms with van der Waals surface area (Å²) in [6.45, 7) is 0. The molecule has 0 aliphatic heterocycles. The zero-order chi connectivity index (χ0) is 30.7. The minimum absolute atomic E-state index is 0. The van der Waals surface area contributed by atoms with Crippen LogP contribution in [0.15, 0.2) is 176 Å². The fraction of sp³-hybridized carbons (Fsp3) is 0.0500. The summed E-state index contributed by atoms with van der Waals surface area (Å²) in [4.78, 5) is 0. The average molecular weight is 750 g/mol. The molecule has 0 amide bonds. The van der Waals surface area contributed by atoms with Crippen molar-refractivity contribution in [3.8, 4) is 11.2 Å². The maximum atomic E-state index is 5.52. The van der Waals surface area contributed by atoms with Gasteiger partial charge in [0.1, 0.15) is 0 Å². The van der Waals surface area contributed by atoms with Crippen molar-refractivity contribution >= 4 is 61.3 Å². The van der Waals surface area contributed by atoms with Gasteiger partial charge in [-0.1, -0.05) is 150 Å². The van der Waals surface area contributed by atoms with E-state index in [9.17, 15) is 0 Å². The van der Waals surface area contributed by atoms with E-state index in [1.807, 2.05) is 30.3 Å². The molecule has 6 aromatic rings. The monoisotopic (exact) mass is 748 g/mol. The van der Waals surface area contributed by atoms with Crippen LogP contribution in [0.3, 0.4) is 0 Å². The van der Waals surface area contributed by atoms with Gasteiger partial charge in [-0.3, -0.25) is 0 Å². The van der Waals surface area contributed by atoms with Crippen molar-refractivity contribution in [1.29, 1.82) is 0 Å². The number of hydrogen-bond acceptors (Lipinski definition) is 1. The Labute approximate surface area is 295 Å². The Morgan fingerprint density at radius 3 is 1.07 bits per heavy atom. The first-order valence-electron chi connectivity index (χ1n) is 14.3. The molecule has 0 aliphatic rings. The number of benzene rings is 6.